The number of rotatable bonds is 0. The fraction of sp³-hybridized carbons (Fsp3) is 0. The molecule has 0 radical (unpaired) electrons. The van der Waals surface area contributed by atoms with Crippen molar-refractivity contribution in [3.8, 4) is 0 Å². The summed E-state index contributed by atoms with van der Waals surface area (Å²) in [5.41, 5.74) is 0. The van der Waals surface area contributed by atoms with Crippen LogP contribution >= 0.6 is 0 Å². The van der Waals surface area contributed by atoms with Gasteiger partial charge in [0.05, 0.1) is 0 Å². The molecule has 0 amide bonds. The van der Waals surface area contributed by atoms with Gasteiger partial charge in [-0.05, 0) is 0 Å². The molecule has 0 heterocycles. The van der Waals surface area contributed by atoms with E-state index < -0.39 is 0 Å². The maximum atomic E-state index is 0. The minimum atomic E-state index is 0. The van der Waals surface area contributed by atoms with E-state index in [-0.39, 0.29) is 550 Å². The topological polar surface area (TPSA) is 228 Å². The van der Waals surface area contributed by atoms with Gasteiger partial charge in [0, 0.05) is 0 Å². The van der Waals surface area contributed by atoms with E-state index in [9.17, 15) is 0 Å². The Hall–Kier alpha value is 15.9. The van der Waals surface area contributed by atoms with Gasteiger partial charge in [0.1, 0.15) is 0 Å². The van der Waals surface area contributed by atoms with E-state index >= 15 is 0 Å². The van der Waals surface area contributed by atoms with Gasteiger partial charge in [-0.3, -0.25) is 0 Å². The quantitative estimate of drug-likeness (QED) is 0.266. The van der Waals surface area contributed by atoms with E-state index in [0.29, 0.717) is 0 Å². The molecule has 0 aliphatic heterocycles. The molecule has 0 aromatic carbocycles. The Morgan fingerprint density at radius 1 is 0.0588 bits per heavy atom. The molecule has 0 aliphatic carbocycles. The second kappa shape index (κ2) is 444. The summed E-state index contributed by atoms with van der Waals surface area (Å²) in [7, 11) is 0. The molecular formula is O8Zn26+36. The Balaban J connectivity index is 0. The standard InChI is InChI=1S/8O.26Zn/q8*-2;26*+2. The molecule has 0 atom stereocenters. The molecule has 0 aromatic rings. The minimum Gasteiger partial charge on any atom is -2.00 e. The van der Waals surface area contributed by atoms with Crippen molar-refractivity contribution < 1.29 is 550 Å². The first-order valence-corrected chi connectivity index (χ1v) is 0. The third kappa shape index (κ3) is 417. The summed E-state index contributed by atoms with van der Waals surface area (Å²) in [6.07, 6.45) is 0. The van der Waals surface area contributed by atoms with Crippen LogP contribution in [0.3, 0.4) is 0 Å². The molecule has 0 spiro atoms. The van der Waals surface area contributed by atoms with Gasteiger partial charge in [0.2, 0.25) is 0 Å². The van der Waals surface area contributed by atoms with E-state index in [0.717, 1.165) is 0 Å². The van der Waals surface area contributed by atoms with E-state index in [1.165, 1.54) is 0 Å². The third-order valence-corrected chi connectivity index (χ3v) is 0. The van der Waals surface area contributed by atoms with Crippen molar-refractivity contribution in [1.29, 1.82) is 0 Å². The van der Waals surface area contributed by atoms with Crippen LogP contribution in [0.4, 0.5) is 0 Å². The molecule has 34 heavy (non-hydrogen) atoms. The summed E-state index contributed by atoms with van der Waals surface area (Å²) in [5.74, 6) is 0. The van der Waals surface area contributed by atoms with Crippen LogP contribution in [0.1, 0.15) is 0 Å². The fourth-order valence-electron chi connectivity index (χ4n) is 0. The SMILES string of the molecule is [O-2].[O-2].[O-2].[O-2].[O-2].[O-2].[O-2].[O-2].[Zn+2].[Zn+2].[Zn+2].[Zn+2].[Zn+2].[Zn+2].[Zn+2].[Zn+2].[Zn+2].[Zn+2].[Zn+2].[Zn+2].[Zn+2].[Zn+2].[Zn+2].[Zn+2].[Zn+2].[Zn+2].[Zn+2].[Zn+2].[Zn+2].[Zn+2].[Zn+2].[Zn+2].[Zn+2].[Zn+2]. The van der Waals surface area contributed by atoms with E-state index in [2.05, 4.69) is 0 Å². The van der Waals surface area contributed by atoms with Crippen molar-refractivity contribution in [2.45, 2.75) is 0 Å². The van der Waals surface area contributed by atoms with E-state index in [4.69, 9.17) is 0 Å². The van der Waals surface area contributed by atoms with E-state index in [1.54, 1.807) is 0 Å². The van der Waals surface area contributed by atoms with Crippen molar-refractivity contribution in [2.24, 2.45) is 0 Å². The van der Waals surface area contributed by atoms with Crippen LogP contribution in [0.5, 0.6) is 0 Å². The molecule has 64 valence electrons. The first-order valence-electron chi connectivity index (χ1n) is 0. The van der Waals surface area contributed by atoms with Crippen LogP contribution in [-0.4, -0.2) is 0 Å². The number of hydrogen-bond donors (Lipinski definition) is 0. The molecule has 0 saturated heterocycles. The summed E-state index contributed by atoms with van der Waals surface area (Å²) in [5, 5.41) is 0. The second-order valence-corrected chi connectivity index (χ2v) is 0. The molecule has 8 nitrogen and oxygen atoms in total. The Labute approximate surface area is 536 Å². The van der Waals surface area contributed by atoms with Crippen LogP contribution in [0.25, 0.3) is 0 Å². The summed E-state index contributed by atoms with van der Waals surface area (Å²) in [6, 6.07) is 0. The van der Waals surface area contributed by atoms with Gasteiger partial charge in [-0.1, -0.05) is 0 Å². The van der Waals surface area contributed by atoms with Crippen LogP contribution in [0.2, 0.25) is 0 Å². The Bertz CT molecular complexity index is 26.8. The molecule has 0 fully saturated rings. The van der Waals surface area contributed by atoms with Crippen molar-refractivity contribution in [3.05, 3.63) is 0 Å². The monoisotopic (exact) mass is 1790 g/mol. The van der Waals surface area contributed by atoms with Gasteiger partial charge in [0.15, 0.2) is 0 Å². The van der Waals surface area contributed by atoms with Crippen molar-refractivity contribution in [2.75, 3.05) is 0 Å². The number of hydrogen-bond acceptors (Lipinski definition) is 0. The molecule has 0 bridgehead atoms. The summed E-state index contributed by atoms with van der Waals surface area (Å²) >= 11 is 0. The maximum absolute atomic E-state index is 0. The first-order chi connectivity index (χ1) is 0. The predicted molar refractivity (Wildman–Crippen MR) is 5.49 cm³/mol. The van der Waals surface area contributed by atoms with Gasteiger partial charge in [-0.15, -0.1) is 0 Å². The van der Waals surface area contributed by atoms with Crippen molar-refractivity contribution in [1.82, 2.24) is 0 Å². The summed E-state index contributed by atoms with van der Waals surface area (Å²) < 4.78 is 0. The maximum Gasteiger partial charge on any atom is 2.00 e. The molecule has 0 rings (SSSR count). The molecule has 34 heteroatoms. The van der Waals surface area contributed by atoms with E-state index in [1.807, 2.05) is 0 Å². The zero-order valence-electron chi connectivity index (χ0n) is 21.7. The van der Waals surface area contributed by atoms with Crippen LogP contribution < -0.4 is 0 Å². The first kappa shape index (κ1) is 472. The minimum absolute atomic E-state index is 0. The summed E-state index contributed by atoms with van der Waals surface area (Å²) in [6.45, 7) is 0. The van der Waals surface area contributed by atoms with Gasteiger partial charge in [-0.2, -0.15) is 0 Å². The Morgan fingerprint density at radius 2 is 0.0588 bits per heavy atom. The third-order valence-electron chi connectivity index (χ3n) is 0. The molecule has 0 aliphatic rings. The zero-order chi connectivity index (χ0) is 0. The van der Waals surface area contributed by atoms with Crippen LogP contribution in [0.15, 0.2) is 0 Å². The van der Waals surface area contributed by atoms with Gasteiger partial charge in [-0.25, -0.2) is 0 Å². The molecular weight excluding hydrogens is 1830 g/mol. The fourth-order valence-corrected chi connectivity index (χ4v) is 0. The average molecular weight is 1830 g/mol. The molecule has 0 aromatic heterocycles. The smallest absolute Gasteiger partial charge is 2.00 e. The predicted octanol–water partition coefficient (Wildman–Crippen LogP) is -1.02. The van der Waals surface area contributed by atoms with Gasteiger partial charge in [0.25, 0.3) is 0 Å². The van der Waals surface area contributed by atoms with Gasteiger partial charge < -0.3 is 43.8 Å². The largest absolute Gasteiger partial charge is 2.00 e. The molecule has 0 saturated carbocycles. The normalized spacial score (nSPS) is 0. The van der Waals surface area contributed by atoms with Crippen LogP contribution in [-0.2, 0) is 550 Å². The summed E-state index contributed by atoms with van der Waals surface area (Å²) in [4.78, 5) is 0. The molecule has 0 unspecified atom stereocenters. The molecule has 0 N–H and O–H groups in total. The second-order valence-electron chi connectivity index (χ2n) is 0. The zero-order valence-corrected chi connectivity index (χ0v) is 98.8. The average Bonchev–Trinajstić information content (AvgIpc) is 0. The van der Waals surface area contributed by atoms with Crippen LogP contribution in [0, 0.1) is 0 Å². The van der Waals surface area contributed by atoms with Gasteiger partial charge >= 0.3 is 506 Å². The van der Waals surface area contributed by atoms with Crippen molar-refractivity contribution >= 4 is 0 Å². The Kier molecular flexibility index (Phi) is 6170. The van der Waals surface area contributed by atoms with Crippen molar-refractivity contribution in [3.63, 3.8) is 0 Å². The Morgan fingerprint density at radius 3 is 0.0588 bits per heavy atom.